The van der Waals surface area contributed by atoms with Crippen LogP contribution in [0.25, 0.3) is 0 Å². The molecule has 2 unspecified atom stereocenters. The molecule has 0 bridgehead atoms. The molecule has 0 radical (unpaired) electrons. The van der Waals surface area contributed by atoms with Crippen LogP contribution in [0.1, 0.15) is 44.7 Å². The Kier molecular flexibility index (Phi) is 5.63. The lowest BCUT2D eigenvalue weighted by Crippen LogP contribution is -2.38. The van der Waals surface area contributed by atoms with Gasteiger partial charge in [-0.3, -0.25) is 15.1 Å². The Morgan fingerprint density at radius 1 is 1.59 bits per heavy atom. The van der Waals surface area contributed by atoms with E-state index in [1.54, 1.807) is 12.4 Å². The third-order valence-electron chi connectivity index (χ3n) is 2.78. The summed E-state index contributed by atoms with van der Waals surface area (Å²) in [5.74, 6) is -0.783. The van der Waals surface area contributed by atoms with Crippen molar-refractivity contribution in [1.29, 1.82) is 0 Å². The van der Waals surface area contributed by atoms with Crippen molar-refractivity contribution >= 4 is 5.97 Å². The van der Waals surface area contributed by atoms with Crippen molar-refractivity contribution in [2.24, 2.45) is 0 Å². The molecule has 2 atom stereocenters. The van der Waals surface area contributed by atoms with E-state index in [2.05, 4.69) is 17.2 Å². The maximum Gasteiger partial charge on any atom is 0.320 e. The topological polar surface area (TPSA) is 62.2 Å². The molecule has 0 aromatic carbocycles. The van der Waals surface area contributed by atoms with Crippen molar-refractivity contribution in [2.75, 3.05) is 0 Å². The van der Waals surface area contributed by atoms with E-state index in [1.807, 2.05) is 19.1 Å². The Bertz CT molecular complexity index is 341. The van der Waals surface area contributed by atoms with Gasteiger partial charge in [-0.2, -0.15) is 0 Å². The van der Waals surface area contributed by atoms with Gasteiger partial charge in [0.2, 0.25) is 0 Å². The smallest absolute Gasteiger partial charge is 0.320 e. The summed E-state index contributed by atoms with van der Waals surface area (Å²) in [7, 11) is 0. The molecule has 0 fully saturated rings. The summed E-state index contributed by atoms with van der Waals surface area (Å²) in [5.41, 5.74) is 1.01. The van der Waals surface area contributed by atoms with Gasteiger partial charge in [0, 0.05) is 18.4 Å². The summed E-state index contributed by atoms with van der Waals surface area (Å²) >= 11 is 0. The van der Waals surface area contributed by atoms with Crippen LogP contribution < -0.4 is 5.32 Å². The van der Waals surface area contributed by atoms with Crippen LogP contribution in [0.4, 0.5) is 0 Å². The van der Waals surface area contributed by atoms with Gasteiger partial charge >= 0.3 is 5.97 Å². The van der Waals surface area contributed by atoms with E-state index in [9.17, 15) is 4.79 Å². The van der Waals surface area contributed by atoms with E-state index in [1.165, 1.54) is 0 Å². The van der Waals surface area contributed by atoms with Crippen molar-refractivity contribution in [3.05, 3.63) is 30.1 Å². The fraction of sp³-hybridized carbons (Fsp3) is 0.538. The number of hydrogen-bond donors (Lipinski definition) is 2. The van der Waals surface area contributed by atoms with Crippen LogP contribution in [0.2, 0.25) is 0 Å². The highest BCUT2D eigenvalue weighted by molar-refractivity contribution is 5.73. The standard InChI is InChI=1S/C13H20N2O2/c1-3-4-7-12(13(16)17)15-10(2)11-6-5-8-14-9-11/h5-6,8-10,12,15H,3-4,7H2,1-2H3,(H,16,17). The van der Waals surface area contributed by atoms with E-state index >= 15 is 0 Å². The average Bonchev–Trinajstić information content (AvgIpc) is 2.35. The van der Waals surface area contributed by atoms with Gasteiger partial charge in [0.05, 0.1) is 0 Å². The highest BCUT2D eigenvalue weighted by atomic mass is 16.4. The maximum absolute atomic E-state index is 11.1. The molecule has 1 aromatic rings. The molecule has 4 nitrogen and oxygen atoms in total. The first-order valence-corrected chi connectivity index (χ1v) is 6.04. The quantitative estimate of drug-likeness (QED) is 0.763. The number of aromatic nitrogens is 1. The summed E-state index contributed by atoms with van der Waals surface area (Å²) in [6.07, 6.45) is 6.06. The molecular weight excluding hydrogens is 216 g/mol. The van der Waals surface area contributed by atoms with Crippen LogP contribution >= 0.6 is 0 Å². The van der Waals surface area contributed by atoms with E-state index in [0.717, 1.165) is 18.4 Å². The number of aliphatic carboxylic acids is 1. The fourth-order valence-corrected chi connectivity index (χ4v) is 1.72. The van der Waals surface area contributed by atoms with Gasteiger partial charge in [-0.25, -0.2) is 0 Å². The summed E-state index contributed by atoms with van der Waals surface area (Å²) in [6.45, 7) is 4.02. The first-order chi connectivity index (χ1) is 8.15. The molecule has 1 heterocycles. The van der Waals surface area contributed by atoms with Gasteiger partial charge in [-0.05, 0) is 25.0 Å². The van der Waals surface area contributed by atoms with Gasteiger partial charge in [0.15, 0.2) is 0 Å². The summed E-state index contributed by atoms with van der Waals surface area (Å²) in [5, 5.41) is 12.2. The molecule has 0 aliphatic heterocycles. The first-order valence-electron chi connectivity index (χ1n) is 6.04. The lowest BCUT2D eigenvalue weighted by molar-refractivity contribution is -0.139. The number of nitrogens with zero attached hydrogens (tertiary/aromatic N) is 1. The minimum absolute atomic E-state index is 0.00153. The van der Waals surface area contributed by atoms with Crippen LogP contribution in [0, 0.1) is 0 Å². The maximum atomic E-state index is 11.1. The third kappa shape index (κ3) is 4.53. The molecule has 0 saturated carbocycles. The van der Waals surface area contributed by atoms with E-state index in [0.29, 0.717) is 6.42 Å². The van der Waals surface area contributed by atoms with Crippen molar-refractivity contribution in [2.45, 2.75) is 45.2 Å². The van der Waals surface area contributed by atoms with Crippen molar-refractivity contribution in [3.8, 4) is 0 Å². The lowest BCUT2D eigenvalue weighted by atomic mass is 10.1. The molecule has 4 heteroatoms. The zero-order valence-corrected chi connectivity index (χ0v) is 10.4. The Balaban J connectivity index is 2.58. The molecular formula is C13H20N2O2. The Morgan fingerprint density at radius 2 is 2.35 bits per heavy atom. The summed E-state index contributed by atoms with van der Waals surface area (Å²) in [6, 6.07) is 3.32. The van der Waals surface area contributed by atoms with Crippen LogP contribution in [0.15, 0.2) is 24.5 Å². The van der Waals surface area contributed by atoms with Crippen LogP contribution in [0.5, 0.6) is 0 Å². The number of pyridine rings is 1. The van der Waals surface area contributed by atoms with Gasteiger partial charge in [0.1, 0.15) is 6.04 Å². The summed E-state index contributed by atoms with van der Waals surface area (Å²) < 4.78 is 0. The predicted molar refractivity (Wildman–Crippen MR) is 66.7 cm³/mol. The molecule has 0 aliphatic rings. The van der Waals surface area contributed by atoms with Crippen LogP contribution in [-0.2, 0) is 4.79 Å². The monoisotopic (exact) mass is 236 g/mol. The number of hydrogen-bond acceptors (Lipinski definition) is 3. The number of unbranched alkanes of at least 4 members (excludes halogenated alkanes) is 1. The molecule has 1 rings (SSSR count). The normalized spacial score (nSPS) is 14.2. The molecule has 0 aliphatic carbocycles. The molecule has 0 saturated heterocycles. The van der Waals surface area contributed by atoms with Gasteiger partial charge < -0.3 is 5.11 Å². The highest BCUT2D eigenvalue weighted by Gasteiger charge is 2.19. The largest absolute Gasteiger partial charge is 0.480 e. The molecule has 1 aromatic heterocycles. The van der Waals surface area contributed by atoms with E-state index < -0.39 is 12.0 Å². The molecule has 17 heavy (non-hydrogen) atoms. The number of carbonyl (C=O) groups is 1. The Hall–Kier alpha value is -1.42. The van der Waals surface area contributed by atoms with Crippen molar-refractivity contribution in [3.63, 3.8) is 0 Å². The molecule has 0 amide bonds. The van der Waals surface area contributed by atoms with Gasteiger partial charge in [-0.15, -0.1) is 0 Å². The number of carboxylic acids is 1. The second-order valence-corrected chi connectivity index (χ2v) is 4.21. The highest BCUT2D eigenvalue weighted by Crippen LogP contribution is 2.13. The van der Waals surface area contributed by atoms with Crippen molar-refractivity contribution in [1.82, 2.24) is 10.3 Å². The first kappa shape index (κ1) is 13.6. The van der Waals surface area contributed by atoms with Crippen LogP contribution in [0.3, 0.4) is 0 Å². The Morgan fingerprint density at radius 3 is 2.88 bits per heavy atom. The minimum Gasteiger partial charge on any atom is -0.480 e. The lowest BCUT2D eigenvalue weighted by Gasteiger charge is -2.20. The van der Waals surface area contributed by atoms with Gasteiger partial charge in [0.25, 0.3) is 0 Å². The minimum atomic E-state index is -0.783. The zero-order chi connectivity index (χ0) is 12.7. The fourth-order valence-electron chi connectivity index (χ4n) is 1.72. The summed E-state index contributed by atoms with van der Waals surface area (Å²) in [4.78, 5) is 15.1. The molecule has 94 valence electrons. The second-order valence-electron chi connectivity index (χ2n) is 4.21. The van der Waals surface area contributed by atoms with Gasteiger partial charge in [-0.1, -0.05) is 25.8 Å². The predicted octanol–water partition coefficient (Wildman–Crippen LogP) is 2.38. The zero-order valence-electron chi connectivity index (χ0n) is 10.4. The number of carboxylic acid groups (broad SMARTS) is 1. The molecule has 2 N–H and O–H groups in total. The second kappa shape index (κ2) is 7.01. The number of nitrogens with one attached hydrogen (secondary N) is 1. The SMILES string of the molecule is CCCCC(NC(C)c1cccnc1)C(=O)O. The van der Waals surface area contributed by atoms with E-state index in [4.69, 9.17) is 5.11 Å². The third-order valence-corrected chi connectivity index (χ3v) is 2.78. The van der Waals surface area contributed by atoms with E-state index in [-0.39, 0.29) is 6.04 Å². The molecule has 0 spiro atoms. The average molecular weight is 236 g/mol. The number of rotatable bonds is 7. The Labute approximate surface area is 102 Å². The van der Waals surface area contributed by atoms with Crippen LogP contribution in [-0.4, -0.2) is 22.1 Å². The van der Waals surface area contributed by atoms with Crippen molar-refractivity contribution < 1.29 is 9.90 Å².